The summed E-state index contributed by atoms with van der Waals surface area (Å²) in [5, 5.41) is 10.3. The molecule has 0 radical (unpaired) electrons. The second kappa shape index (κ2) is 12.4. The van der Waals surface area contributed by atoms with E-state index in [9.17, 15) is 0 Å². The molecule has 0 atom stereocenters. The average Bonchev–Trinajstić information content (AvgIpc) is 3.21. The molecule has 10 rings (SSSR count). The standard InChI is InChI=1S/C48H42N2/c1-3-11-33(12-4-1)45-28-25-35-23-27-42-43(30-46(34-13-5-2-6-14-34)50-48(42)47(35)49-45)32-21-19-31(20-22-32)36-24-26-41-39-17-8-7-15-37(39)38-16-9-10-18-40(38)44(41)29-36/h7-10,15-30,33-34H,1-6,11-14H2. The quantitative estimate of drug-likeness (QED) is 0.178. The Hall–Kier alpha value is -5.08. The lowest BCUT2D eigenvalue weighted by Crippen LogP contribution is -2.08. The van der Waals surface area contributed by atoms with Gasteiger partial charge in [-0.05, 0) is 98.5 Å². The van der Waals surface area contributed by atoms with E-state index in [-0.39, 0.29) is 0 Å². The molecule has 2 heterocycles. The zero-order valence-corrected chi connectivity index (χ0v) is 28.7. The van der Waals surface area contributed by atoms with E-state index in [1.54, 1.807) is 0 Å². The lowest BCUT2D eigenvalue weighted by atomic mass is 9.85. The van der Waals surface area contributed by atoms with Crippen LogP contribution >= 0.6 is 0 Å². The van der Waals surface area contributed by atoms with Gasteiger partial charge < -0.3 is 0 Å². The Kier molecular flexibility index (Phi) is 7.36. The van der Waals surface area contributed by atoms with Crippen molar-refractivity contribution in [2.24, 2.45) is 0 Å². The van der Waals surface area contributed by atoms with Gasteiger partial charge in [0.1, 0.15) is 0 Å². The first-order valence-corrected chi connectivity index (χ1v) is 19.0. The van der Waals surface area contributed by atoms with Crippen molar-refractivity contribution < 1.29 is 0 Å². The molecule has 2 aromatic heterocycles. The van der Waals surface area contributed by atoms with E-state index in [2.05, 4.69) is 121 Å². The molecule has 2 aliphatic carbocycles. The Labute approximate surface area is 294 Å². The van der Waals surface area contributed by atoms with Gasteiger partial charge in [-0.25, -0.2) is 0 Å². The maximum absolute atomic E-state index is 5.48. The van der Waals surface area contributed by atoms with Crippen molar-refractivity contribution in [3.63, 3.8) is 0 Å². The van der Waals surface area contributed by atoms with E-state index in [0.717, 1.165) is 11.0 Å². The van der Waals surface area contributed by atoms with Crippen LogP contribution in [-0.4, -0.2) is 9.97 Å². The fourth-order valence-electron chi connectivity index (χ4n) is 9.31. The maximum Gasteiger partial charge on any atom is 0.0974 e. The molecular formula is C48H42N2. The highest BCUT2D eigenvalue weighted by molar-refractivity contribution is 6.25. The van der Waals surface area contributed by atoms with Crippen molar-refractivity contribution in [2.75, 3.05) is 0 Å². The predicted molar refractivity (Wildman–Crippen MR) is 212 cm³/mol. The topological polar surface area (TPSA) is 25.8 Å². The summed E-state index contributed by atoms with van der Waals surface area (Å²) in [6.07, 6.45) is 12.9. The fourth-order valence-corrected chi connectivity index (χ4v) is 9.31. The molecule has 50 heavy (non-hydrogen) atoms. The van der Waals surface area contributed by atoms with Crippen LogP contribution in [0.15, 0.2) is 121 Å². The first kappa shape index (κ1) is 29.8. The van der Waals surface area contributed by atoms with Gasteiger partial charge in [-0.3, -0.25) is 9.97 Å². The average molecular weight is 647 g/mol. The summed E-state index contributed by atoms with van der Waals surface area (Å²) in [5.41, 5.74) is 9.69. The molecule has 0 bridgehead atoms. The van der Waals surface area contributed by atoms with E-state index in [4.69, 9.17) is 9.97 Å². The van der Waals surface area contributed by atoms with Gasteiger partial charge in [0.25, 0.3) is 0 Å². The van der Waals surface area contributed by atoms with E-state index in [0.29, 0.717) is 11.8 Å². The molecule has 0 aliphatic heterocycles. The molecule has 0 amide bonds. The van der Waals surface area contributed by atoms with Crippen LogP contribution in [0.3, 0.4) is 0 Å². The molecule has 2 heteroatoms. The van der Waals surface area contributed by atoms with Crippen molar-refractivity contribution in [3.05, 3.63) is 133 Å². The van der Waals surface area contributed by atoms with Crippen LogP contribution in [0.2, 0.25) is 0 Å². The van der Waals surface area contributed by atoms with E-state index >= 15 is 0 Å². The van der Waals surface area contributed by atoms with E-state index in [1.165, 1.54) is 141 Å². The molecule has 2 nitrogen and oxygen atoms in total. The molecule has 0 N–H and O–H groups in total. The van der Waals surface area contributed by atoms with Crippen molar-refractivity contribution in [3.8, 4) is 22.3 Å². The number of hydrogen-bond donors (Lipinski definition) is 0. The van der Waals surface area contributed by atoms with Gasteiger partial charge in [-0.1, -0.05) is 142 Å². The summed E-state index contributed by atoms with van der Waals surface area (Å²) < 4.78 is 0. The molecule has 244 valence electrons. The van der Waals surface area contributed by atoms with Gasteiger partial charge in [0.2, 0.25) is 0 Å². The van der Waals surface area contributed by atoms with Crippen LogP contribution in [0.25, 0.3) is 76.4 Å². The SMILES string of the molecule is c1ccc2c(c1)c1ccccc1c1cc(-c3ccc(-c4cc(C5CCCCC5)nc5c4ccc4ccc(C6CCCCC6)nc45)cc3)ccc21. The van der Waals surface area contributed by atoms with E-state index < -0.39 is 0 Å². The van der Waals surface area contributed by atoms with Crippen LogP contribution in [0.4, 0.5) is 0 Å². The smallest absolute Gasteiger partial charge is 0.0974 e. The van der Waals surface area contributed by atoms with Gasteiger partial charge in [-0.2, -0.15) is 0 Å². The number of pyridine rings is 2. The van der Waals surface area contributed by atoms with Crippen LogP contribution in [0.1, 0.15) is 87.4 Å². The first-order valence-electron chi connectivity index (χ1n) is 19.0. The Morgan fingerprint density at radius 3 is 1.52 bits per heavy atom. The first-order chi connectivity index (χ1) is 24.8. The van der Waals surface area contributed by atoms with Gasteiger partial charge in [0.15, 0.2) is 0 Å². The third-order valence-electron chi connectivity index (χ3n) is 12.0. The van der Waals surface area contributed by atoms with Gasteiger partial charge in [0.05, 0.1) is 11.0 Å². The number of fused-ring (bicyclic) bond motifs is 9. The maximum atomic E-state index is 5.48. The molecule has 2 aliphatic rings. The minimum atomic E-state index is 0.520. The van der Waals surface area contributed by atoms with Crippen LogP contribution in [0.5, 0.6) is 0 Å². The number of nitrogens with zero attached hydrogens (tertiary/aromatic N) is 2. The number of hydrogen-bond acceptors (Lipinski definition) is 2. The summed E-state index contributed by atoms with van der Waals surface area (Å²) in [7, 11) is 0. The molecule has 8 aromatic rings. The van der Waals surface area contributed by atoms with Crippen LogP contribution in [0, 0.1) is 0 Å². The molecule has 0 spiro atoms. The van der Waals surface area contributed by atoms with Crippen molar-refractivity contribution >= 4 is 54.1 Å². The Morgan fingerprint density at radius 2 is 0.860 bits per heavy atom. The third kappa shape index (κ3) is 5.07. The van der Waals surface area contributed by atoms with Crippen molar-refractivity contribution in [2.45, 2.75) is 76.0 Å². The summed E-state index contributed by atoms with van der Waals surface area (Å²) in [4.78, 5) is 10.9. The molecule has 2 fully saturated rings. The number of aromatic nitrogens is 2. The zero-order valence-electron chi connectivity index (χ0n) is 28.7. The highest BCUT2D eigenvalue weighted by Crippen LogP contribution is 2.41. The Balaban J connectivity index is 1.10. The summed E-state index contributed by atoms with van der Waals surface area (Å²) in [5.74, 6) is 1.09. The summed E-state index contributed by atoms with van der Waals surface area (Å²) in [6, 6.07) is 45.5. The van der Waals surface area contributed by atoms with Crippen molar-refractivity contribution in [1.82, 2.24) is 9.97 Å². The molecule has 6 aromatic carbocycles. The minimum absolute atomic E-state index is 0.520. The summed E-state index contributed by atoms with van der Waals surface area (Å²) in [6.45, 7) is 0. The minimum Gasteiger partial charge on any atom is -0.250 e. The molecular weight excluding hydrogens is 605 g/mol. The van der Waals surface area contributed by atoms with Gasteiger partial charge in [0, 0.05) is 34.0 Å². The predicted octanol–water partition coefficient (Wildman–Crippen LogP) is 13.7. The normalized spacial score (nSPS) is 16.2. The zero-order chi connectivity index (χ0) is 33.0. The molecule has 2 saturated carbocycles. The van der Waals surface area contributed by atoms with Gasteiger partial charge >= 0.3 is 0 Å². The van der Waals surface area contributed by atoms with Crippen LogP contribution < -0.4 is 0 Å². The molecule has 0 unspecified atom stereocenters. The fraction of sp³-hybridized carbons (Fsp3) is 0.250. The second-order valence-electron chi connectivity index (χ2n) is 15.0. The van der Waals surface area contributed by atoms with Gasteiger partial charge in [-0.15, -0.1) is 0 Å². The van der Waals surface area contributed by atoms with E-state index in [1.807, 2.05) is 0 Å². The molecule has 0 saturated heterocycles. The Bertz CT molecular complexity index is 2520. The number of benzene rings is 6. The number of rotatable bonds is 4. The second-order valence-corrected chi connectivity index (χ2v) is 15.0. The largest absolute Gasteiger partial charge is 0.250 e. The highest BCUT2D eigenvalue weighted by atomic mass is 14.8. The lowest BCUT2D eigenvalue weighted by molar-refractivity contribution is 0.437. The third-order valence-corrected chi connectivity index (χ3v) is 12.0. The monoisotopic (exact) mass is 646 g/mol. The highest BCUT2D eigenvalue weighted by Gasteiger charge is 2.22. The van der Waals surface area contributed by atoms with Crippen molar-refractivity contribution in [1.29, 1.82) is 0 Å². The Morgan fingerprint density at radius 1 is 0.360 bits per heavy atom. The lowest BCUT2D eigenvalue weighted by Gasteiger charge is -2.23. The summed E-state index contributed by atoms with van der Waals surface area (Å²) >= 11 is 0. The van der Waals surface area contributed by atoms with Crippen LogP contribution in [-0.2, 0) is 0 Å².